The van der Waals surface area contributed by atoms with Crippen LogP contribution in [-0.4, -0.2) is 5.78 Å². The van der Waals surface area contributed by atoms with Gasteiger partial charge in [0.25, 0.3) is 0 Å². The first-order chi connectivity index (χ1) is 9.99. The van der Waals surface area contributed by atoms with Gasteiger partial charge in [-0.2, -0.15) is 0 Å². The highest BCUT2D eigenvalue weighted by atomic mass is 19.1. The Morgan fingerprint density at radius 2 is 1.86 bits per heavy atom. The maximum Gasteiger partial charge on any atom is 0.166 e. The molecule has 2 nitrogen and oxygen atoms in total. The molecule has 0 radical (unpaired) electrons. The number of hydrogen-bond donors (Lipinski definition) is 1. The van der Waals surface area contributed by atoms with Gasteiger partial charge in [0.1, 0.15) is 5.82 Å². The molecule has 3 heteroatoms. The number of rotatable bonds is 5. The summed E-state index contributed by atoms with van der Waals surface area (Å²) in [6.45, 7) is 3.58. The standard InChI is InChI=1S/C18H20FNO/c1-12-10-13(2)18(15(19)11-12)17(21)9-8-16(20)14-6-4-3-5-7-14/h3-7,10-11,16H,8-9,20H2,1-2H3. The number of carbonyl (C=O) groups is 1. The van der Waals surface area contributed by atoms with Gasteiger partial charge in [0.15, 0.2) is 5.78 Å². The summed E-state index contributed by atoms with van der Waals surface area (Å²) >= 11 is 0. The van der Waals surface area contributed by atoms with Crippen LogP contribution in [0.1, 0.15) is 45.9 Å². The van der Waals surface area contributed by atoms with E-state index in [9.17, 15) is 9.18 Å². The van der Waals surface area contributed by atoms with Crippen molar-refractivity contribution in [2.45, 2.75) is 32.7 Å². The lowest BCUT2D eigenvalue weighted by Gasteiger charge is -2.12. The van der Waals surface area contributed by atoms with Crippen molar-refractivity contribution in [3.63, 3.8) is 0 Å². The Hall–Kier alpha value is -2.00. The maximum atomic E-state index is 14.0. The summed E-state index contributed by atoms with van der Waals surface area (Å²) in [5, 5.41) is 0. The molecule has 0 aliphatic carbocycles. The van der Waals surface area contributed by atoms with Crippen LogP contribution in [0.25, 0.3) is 0 Å². The van der Waals surface area contributed by atoms with E-state index in [1.807, 2.05) is 43.3 Å². The monoisotopic (exact) mass is 285 g/mol. The highest BCUT2D eigenvalue weighted by Crippen LogP contribution is 2.21. The zero-order valence-electron chi connectivity index (χ0n) is 12.4. The van der Waals surface area contributed by atoms with E-state index in [1.165, 1.54) is 6.07 Å². The lowest BCUT2D eigenvalue weighted by molar-refractivity contribution is 0.0973. The molecule has 0 fully saturated rings. The Morgan fingerprint density at radius 1 is 1.19 bits per heavy atom. The van der Waals surface area contributed by atoms with Gasteiger partial charge in [-0.15, -0.1) is 0 Å². The van der Waals surface area contributed by atoms with Crippen molar-refractivity contribution in [1.29, 1.82) is 0 Å². The average molecular weight is 285 g/mol. The largest absolute Gasteiger partial charge is 0.324 e. The number of ketones is 1. The lowest BCUT2D eigenvalue weighted by Crippen LogP contribution is -2.13. The van der Waals surface area contributed by atoms with Crippen LogP contribution in [0.5, 0.6) is 0 Å². The van der Waals surface area contributed by atoms with Crippen molar-refractivity contribution < 1.29 is 9.18 Å². The van der Waals surface area contributed by atoms with E-state index in [0.717, 1.165) is 11.1 Å². The molecule has 0 heterocycles. The fourth-order valence-corrected chi connectivity index (χ4v) is 2.55. The van der Waals surface area contributed by atoms with Gasteiger partial charge in [-0.3, -0.25) is 4.79 Å². The molecule has 21 heavy (non-hydrogen) atoms. The first kappa shape index (κ1) is 15.4. The Morgan fingerprint density at radius 3 is 2.48 bits per heavy atom. The van der Waals surface area contributed by atoms with E-state index in [4.69, 9.17) is 5.73 Å². The first-order valence-electron chi connectivity index (χ1n) is 7.09. The zero-order valence-corrected chi connectivity index (χ0v) is 12.4. The molecular formula is C18H20FNO. The molecule has 0 saturated heterocycles. The zero-order chi connectivity index (χ0) is 15.4. The summed E-state index contributed by atoms with van der Waals surface area (Å²) in [6, 6.07) is 12.7. The molecule has 2 aromatic rings. The minimum absolute atomic E-state index is 0.184. The van der Waals surface area contributed by atoms with Crippen molar-refractivity contribution in [1.82, 2.24) is 0 Å². The van der Waals surface area contributed by atoms with Crippen LogP contribution < -0.4 is 5.73 Å². The number of carbonyl (C=O) groups excluding carboxylic acids is 1. The molecule has 0 aliphatic heterocycles. The molecule has 2 N–H and O–H groups in total. The molecule has 2 aromatic carbocycles. The van der Waals surface area contributed by atoms with Crippen molar-refractivity contribution in [2.75, 3.05) is 0 Å². The normalized spacial score (nSPS) is 12.2. The number of hydrogen-bond acceptors (Lipinski definition) is 2. The summed E-state index contributed by atoms with van der Waals surface area (Å²) in [4.78, 5) is 12.2. The molecule has 0 aliphatic rings. The van der Waals surface area contributed by atoms with Gasteiger partial charge in [-0.25, -0.2) is 4.39 Å². The van der Waals surface area contributed by atoms with Gasteiger partial charge in [0, 0.05) is 12.5 Å². The first-order valence-corrected chi connectivity index (χ1v) is 7.09. The Kier molecular flexibility index (Phi) is 4.86. The van der Waals surface area contributed by atoms with Crippen LogP contribution in [0, 0.1) is 19.7 Å². The molecule has 0 amide bonds. The van der Waals surface area contributed by atoms with E-state index in [0.29, 0.717) is 12.0 Å². The maximum absolute atomic E-state index is 14.0. The van der Waals surface area contributed by atoms with Crippen LogP contribution in [0.3, 0.4) is 0 Å². The van der Waals surface area contributed by atoms with Gasteiger partial charge in [0.05, 0.1) is 5.56 Å². The predicted octanol–water partition coefficient (Wildman–Crippen LogP) is 4.11. The van der Waals surface area contributed by atoms with Crippen molar-refractivity contribution in [3.05, 3.63) is 70.5 Å². The minimum atomic E-state index is -0.439. The fourth-order valence-electron chi connectivity index (χ4n) is 2.55. The fraction of sp³-hybridized carbons (Fsp3) is 0.278. The highest BCUT2D eigenvalue weighted by molar-refractivity contribution is 5.97. The van der Waals surface area contributed by atoms with Crippen molar-refractivity contribution in [3.8, 4) is 0 Å². The highest BCUT2D eigenvalue weighted by Gasteiger charge is 2.16. The molecule has 0 aromatic heterocycles. The summed E-state index contributed by atoms with van der Waals surface area (Å²) in [5.74, 6) is -0.623. The van der Waals surface area contributed by atoms with Gasteiger partial charge in [-0.05, 0) is 43.0 Å². The third-order valence-corrected chi connectivity index (χ3v) is 3.62. The second kappa shape index (κ2) is 6.64. The van der Waals surface area contributed by atoms with E-state index >= 15 is 0 Å². The lowest BCUT2D eigenvalue weighted by atomic mass is 9.95. The van der Waals surface area contributed by atoms with Crippen LogP contribution in [0.15, 0.2) is 42.5 Å². The van der Waals surface area contributed by atoms with Crippen molar-refractivity contribution >= 4 is 5.78 Å². The average Bonchev–Trinajstić information content (AvgIpc) is 2.44. The number of nitrogens with two attached hydrogens (primary N) is 1. The van der Waals surface area contributed by atoms with Gasteiger partial charge in [0.2, 0.25) is 0 Å². The molecule has 0 bridgehead atoms. The molecule has 0 saturated carbocycles. The van der Waals surface area contributed by atoms with Gasteiger partial charge < -0.3 is 5.73 Å². The number of benzene rings is 2. The summed E-state index contributed by atoms with van der Waals surface area (Å²) in [7, 11) is 0. The minimum Gasteiger partial charge on any atom is -0.324 e. The number of aryl methyl sites for hydroxylation is 2. The van der Waals surface area contributed by atoms with Gasteiger partial charge >= 0.3 is 0 Å². The Balaban J connectivity index is 2.06. The quantitative estimate of drug-likeness (QED) is 0.840. The van der Waals surface area contributed by atoms with Crippen LogP contribution in [0.2, 0.25) is 0 Å². The summed E-state index contributed by atoms with van der Waals surface area (Å²) in [5.41, 5.74) is 8.77. The van der Waals surface area contributed by atoms with Crippen LogP contribution in [-0.2, 0) is 0 Å². The number of halogens is 1. The van der Waals surface area contributed by atoms with Gasteiger partial charge in [-0.1, -0.05) is 36.4 Å². The summed E-state index contributed by atoms with van der Waals surface area (Å²) in [6.07, 6.45) is 0.756. The SMILES string of the molecule is Cc1cc(C)c(C(=O)CCC(N)c2ccccc2)c(F)c1. The topological polar surface area (TPSA) is 43.1 Å². The molecule has 1 atom stereocenters. The Bertz CT molecular complexity index is 614. The molecule has 0 spiro atoms. The van der Waals surface area contributed by atoms with E-state index in [-0.39, 0.29) is 23.8 Å². The van der Waals surface area contributed by atoms with E-state index < -0.39 is 5.82 Å². The molecule has 110 valence electrons. The second-order valence-corrected chi connectivity index (χ2v) is 5.42. The molecular weight excluding hydrogens is 265 g/mol. The third-order valence-electron chi connectivity index (χ3n) is 3.62. The Labute approximate surface area is 124 Å². The van der Waals surface area contributed by atoms with E-state index in [1.54, 1.807) is 6.92 Å². The number of Topliss-reactive ketones (excluding diaryl/α,β-unsaturated/α-hetero) is 1. The predicted molar refractivity (Wildman–Crippen MR) is 82.8 cm³/mol. The van der Waals surface area contributed by atoms with Crippen LogP contribution >= 0.6 is 0 Å². The van der Waals surface area contributed by atoms with E-state index in [2.05, 4.69) is 0 Å². The second-order valence-electron chi connectivity index (χ2n) is 5.42. The molecule has 2 rings (SSSR count). The molecule has 1 unspecified atom stereocenters. The smallest absolute Gasteiger partial charge is 0.166 e. The third kappa shape index (κ3) is 3.76. The summed E-state index contributed by atoms with van der Waals surface area (Å²) < 4.78 is 14.0. The van der Waals surface area contributed by atoms with Crippen LogP contribution in [0.4, 0.5) is 4.39 Å². The van der Waals surface area contributed by atoms with Crippen molar-refractivity contribution in [2.24, 2.45) is 5.73 Å².